The number of pyridine rings is 1. The summed E-state index contributed by atoms with van der Waals surface area (Å²) in [6.07, 6.45) is 1.62. The lowest BCUT2D eigenvalue weighted by molar-refractivity contribution is -0.115. The van der Waals surface area contributed by atoms with Gasteiger partial charge in [0, 0.05) is 6.20 Å². The van der Waals surface area contributed by atoms with Gasteiger partial charge in [-0.15, -0.1) is 0 Å². The van der Waals surface area contributed by atoms with Gasteiger partial charge in [0.15, 0.2) is 5.16 Å². The van der Waals surface area contributed by atoms with Crippen LogP contribution in [-0.2, 0) is 4.79 Å². The minimum Gasteiger partial charge on any atom is -0.323 e. The molecule has 0 spiro atoms. The normalized spacial score (nSPS) is 12.0. The number of anilines is 1. The minimum atomic E-state index is -0.649. The molecule has 2 heterocycles. The highest BCUT2D eigenvalue weighted by Gasteiger charge is 2.21. The first-order valence-electron chi connectivity index (χ1n) is 9.61. The molecule has 2 aromatic carbocycles. The molecular weight excluding hydrogens is 415 g/mol. The molecule has 1 N–H and O–H groups in total. The van der Waals surface area contributed by atoms with E-state index in [-0.39, 0.29) is 11.2 Å². The van der Waals surface area contributed by atoms with E-state index in [1.807, 2.05) is 13.0 Å². The van der Waals surface area contributed by atoms with Gasteiger partial charge >= 0.3 is 0 Å². The lowest BCUT2D eigenvalue weighted by atomic mass is 10.2. The molecule has 0 radical (unpaired) electrons. The van der Waals surface area contributed by atoms with Crippen molar-refractivity contribution in [2.24, 2.45) is 0 Å². The van der Waals surface area contributed by atoms with E-state index in [9.17, 15) is 14.0 Å². The Balaban J connectivity index is 1.74. The fourth-order valence-corrected chi connectivity index (χ4v) is 3.96. The van der Waals surface area contributed by atoms with Gasteiger partial charge in [0.05, 0.1) is 21.8 Å². The Morgan fingerprint density at radius 1 is 1.13 bits per heavy atom. The van der Waals surface area contributed by atoms with Gasteiger partial charge in [0.25, 0.3) is 5.56 Å². The van der Waals surface area contributed by atoms with Crippen LogP contribution in [0.25, 0.3) is 16.7 Å². The number of rotatable bonds is 5. The summed E-state index contributed by atoms with van der Waals surface area (Å²) in [6.45, 7) is 3.58. The Hall–Kier alpha value is -3.52. The second-order valence-corrected chi connectivity index (χ2v) is 8.28. The maximum absolute atomic E-state index is 13.9. The molecule has 1 atom stereocenters. The molecule has 0 aliphatic rings. The fourth-order valence-electron chi connectivity index (χ4n) is 3.04. The third kappa shape index (κ3) is 4.34. The van der Waals surface area contributed by atoms with Crippen LogP contribution >= 0.6 is 11.8 Å². The molecule has 0 fully saturated rings. The molecule has 8 heteroatoms. The van der Waals surface area contributed by atoms with Gasteiger partial charge in [-0.25, -0.2) is 18.9 Å². The molecule has 31 heavy (non-hydrogen) atoms. The largest absolute Gasteiger partial charge is 0.323 e. The number of halogens is 1. The second kappa shape index (κ2) is 8.69. The zero-order valence-corrected chi connectivity index (χ0v) is 17.7. The standard InChI is InChI=1S/C23H19FN4O2S/c1-14-11-12-25-20(13-14)28-22(30)16-7-3-5-9-18(16)27-23(28)31-15(2)21(29)26-19-10-6-4-8-17(19)24/h3-13,15H,1-2H3,(H,26,29). The second-order valence-electron chi connectivity index (χ2n) is 6.97. The number of aromatic nitrogens is 3. The van der Waals surface area contributed by atoms with Gasteiger partial charge in [-0.2, -0.15) is 0 Å². The highest BCUT2D eigenvalue weighted by atomic mass is 32.2. The number of nitrogens with zero attached hydrogens (tertiary/aromatic N) is 3. The Morgan fingerprint density at radius 3 is 2.65 bits per heavy atom. The van der Waals surface area contributed by atoms with E-state index in [0.717, 1.165) is 17.3 Å². The number of amides is 1. The maximum Gasteiger partial charge on any atom is 0.267 e. The van der Waals surface area contributed by atoms with Crippen molar-refractivity contribution in [3.8, 4) is 5.82 Å². The number of aryl methyl sites for hydroxylation is 1. The zero-order chi connectivity index (χ0) is 22.0. The Labute approximate surface area is 182 Å². The van der Waals surface area contributed by atoms with Gasteiger partial charge in [0.1, 0.15) is 11.6 Å². The number of carbonyl (C=O) groups excluding carboxylic acids is 1. The average Bonchev–Trinajstić information content (AvgIpc) is 2.75. The summed E-state index contributed by atoms with van der Waals surface area (Å²) in [5.41, 5.74) is 1.30. The third-order valence-corrected chi connectivity index (χ3v) is 5.71. The highest BCUT2D eigenvalue weighted by Crippen LogP contribution is 2.26. The van der Waals surface area contributed by atoms with Crippen molar-refractivity contribution in [1.82, 2.24) is 14.5 Å². The summed E-state index contributed by atoms with van der Waals surface area (Å²) >= 11 is 1.11. The van der Waals surface area contributed by atoms with Crippen LogP contribution in [0.2, 0.25) is 0 Å². The summed E-state index contributed by atoms with van der Waals surface area (Å²) in [5, 5.41) is 2.72. The first kappa shape index (κ1) is 20.7. The van der Waals surface area contributed by atoms with Crippen molar-refractivity contribution in [3.05, 3.63) is 88.6 Å². The molecular formula is C23H19FN4O2S. The number of nitrogens with one attached hydrogen (secondary N) is 1. The number of hydrogen-bond acceptors (Lipinski definition) is 5. The predicted octanol–water partition coefficient (Wildman–Crippen LogP) is 4.35. The summed E-state index contributed by atoms with van der Waals surface area (Å²) in [7, 11) is 0. The molecule has 4 rings (SSSR count). The van der Waals surface area contributed by atoms with Crippen molar-refractivity contribution in [3.63, 3.8) is 0 Å². The molecule has 0 aliphatic heterocycles. The fraction of sp³-hybridized carbons (Fsp3) is 0.130. The summed E-state index contributed by atoms with van der Waals surface area (Å²) in [4.78, 5) is 34.9. The predicted molar refractivity (Wildman–Crippen MR) is 120 cm³/mol. The van der Waals surface area contributed by atoms with Crippen molar-refractivity contribution in [2.45, 2.75) is 24.3 Å². The van der Waals surface area contributed by atoms with Crippen LogP contribution in [0.3, 0.4) is 0 Å². The van der Waals surface area contributed by atoms with Crippen molar-refractivity contribution in [2.75, 3.05) is 5.32 Å². The smallest absolute Gasteiger partial charge is 0.267 e. The topological polar surface area (TPSA) is 76.9 Å². The van der Waals surface area contributed by atoms with E-state index in [1.54, 1.807) is 55.6 Å². The Morgan fingerprint density at radius 2 is 1.87 bits per heavy atom. The van der Waals surface area contributed by atoms with Gasteiger partial charge in [0.2, 0.25) is 5.91 Å². The van der Waals surface area contributed by atoms with Crippen LogP contribution in [0, 0.1) is 12.7 Å². The molecule has 0 saturated heterocycles. The zero-order valence-electron chi connectivity index (χ0n) is 16.9. The molecule has 1 unspecified atom stereocenters. The number of carbonyl (C=O) groups is 1. The monoisotopic (exact) mass is 434 g/mol. The minimum absolute atomic E-state index is 0.101. The van der Waals surface area contributed by atoms with E-state index >= 15 is 0 Å². The lowest BCUT2D eigenvalue weighted by Gasteiger charge is -2.16. The molecule has 1 amide bonds. The van der Waals surface area contributed by atoms with Gasteiger partial charge in [-0.3, -0.25) is 9.59 Å². The van der Waals surface area contributed by atoms with E-state index < -0.39 is 17.0 Å². The molecule has 4 aromatic rings. The van der Waals surface area contributed by atoms with E-state index in [2.05, 4.69) is 15.3 Å². The molecule has 6 nitrogen and oxygen atoms in total. The van der Waals surface area contributed by atoms with Crippen LogP contribution in [0.15, 0.2) is 76.8 Å². The molecule has 2 aromatic heterocycles. The van der Waals surface area contributed by atoms with E-state index in [0.29, 0.717) is 21.9 Å². The first-order chi connectivity index (χ1) is 14.9. The Kier molecular flexibility index (Phi) is 5.81. The SMILES string of the molecule is Cc1ccnc(-n2c(SC(C)C(=O)Nc3ccccc3F)nc3ccccc3c2=O)c1. The number of thioether (sulfide) groups is 1. The number of benzene rings is 2. The van der Waals surface area contributed by atoms with Crippen LogP contribution in [0.1, 0.15) is 12.5 Å². The third-order valence-electron chi connectivity index (χ3n) is 4.66. The number of para-hydroxylation sites is 2. The Bertz CT molecular complexity index is 1340. The van der Waals surface area contributed by atoms with E-state index in [4.69, 9.17) is 0 Å². The van der Waals surface area contributed by atoms with Gasteiger partial charge in [-0.05, 0) is 55.8 Å². The number of hydrogen-bond donors (Lipinski definition) is 1. The van der Waals surface area contributed by atoms with Crippen LogP contribution in [0.5, 0.6) is 0 Å². The molecule has 156 valence electrons. The summed E-state index contributed by atoms with van der Waals surface area (Å²) < 4.78 is 15.3. The van der Waals surface area contributed by atoms with Crippen molar-refractivity contribution < 1.29 is 9.18 Å². The summed E-state index contributed by atoms with van der Waals surface area (Å²) in [6, 6.07) is 16.6. The maximum atomic E-state index is 13.9. The van der Waals surface area contributed by atoms with Crippen molar-refractivity contribution >= 4 is 34.3 Å². The van der Waals surface area contributed by atoms with Crippen molar-refractivity contribution in [1.29, 1.82) is 0 Å². The van der Waals surface area contributed by atoms with Gasteiger partial charge in [-0.1, -0.05) is 36.0 Å². The van der Waals surface area contributed by atoms with Crippen LogP contribution in [-0.4, -0.2) is 25.7 Å². The molecule has 0 aliphatic carbocycles. The van der Waals surface area contributed by atoms with Crippen LogP contribution in [0.4, 0.5) is 10.1 Å². The van der Waals surface area contributed by atoms with E-state index in [1.165, 1.54) is 16.7 Å². The lowest BCUT2D eigenvalue weighted by Crippen LogP contribution is -2.27. The summed E-state index contributed by atoms with van der Waals surface area (Å²) in [5.74, 6) is -0.494. The molecule has 0 saturated carbocycles. The average molecular weight is 434 g/mol. The van der Waals surface area contributed by atoms with Crippen LogP contribution < -0.4 is 10.9 Å². The highest BCUT2D eigenvalue weighted by molar-refractivity contribution is 8.00. The first-order valence-corrected chi connectivity index (χ1v) is 10.5. The quantitative estimate of drug-likeness (QED) is 0.373. The van der Waals surface area contributed by atoms with Gasteiger partial charge < -0.3 is 5.32 Å². The number of fused-ring (bicyclic) bond motifs is 1. The molecule has 0 bridgehead atoms.